The van der Waals surface area contributed by atoms with Crippen LogP contribution in [0.25, 0.3) is 0 Å². The van der Waals surface area contributed by atoms with Gasteiger partial charge in [0.1, 0.15) is 0 Å². The van der Waals surface area contributed by atoms with Gasteiger partial charge in [-0.15, -0.1) is 0 Å². The van der Waals surface area contributed by atoms with Crippen LogP contribution in [0.4, 0.5) is 8.78 Å². The summed E-state index contributed by atoms with van der Waals surface area (Å²) in [6.45, 7) is 1.12. The molecule has 1 N–H and O–H groups in total. The van der Waals surface area contributed by atoms with Crippen molar-refractivity contribution in [2.75, 3.05) is 20.1 Å². The highest BCUT2D eigenvalue weighted by Gasteiger charge is 2.25. The minimum absolute atomic E-state index is 0.115. The van der Waals surface area contributed by atoms with Crippen molar-refractivity contribution in [2.45, 2.75) is 19.3 Å². The van der Waals surface area contributed by atoms with Crippen LogP contribution in [0.2, 0.25) is 0 Å². The Hall–Kier alpha value is -2.76. The van der Waals surface area contributed by atoms with E-state index in [-0.39, 0.29) is 17.7 Å². The van der Waals surface area contributed by atoms with Crippen LogP contribution in [-0.4, -0.2) is 36.9 Å². The van der Waals surface area contributed by atoms with Crippen LogP contribution in [0.15, 0.2) is 42.5 Å². The van der Waals surface area contributed by atoms with Crippen LogP contribution in [-0.2, 0) is 6.42 Å². The summed E-state index contributed by atoms with van der Waals surface area (Å²) in [6, 6.07) is 10.9. The van der Waals surface area contributed by atoms with E-state index in [1.54, 1.807) is 42.3 Å². The number of benzene rings is 2. The van der Waals surface area contributed by atoms with Crippen molar-refractivity contribution < 1.29 is 18.4 Å². The Labute approximate surface area is 157 Å². The fourth-order valence-electron chi connectivity index (χ4n) is 3.48. The number of halogens is 2. The van der Waals surface area contributed by atoms with E-state index in [9.17, 15) is 18.4 Å². The number of carbonyl (C=O) groups excluding carboxylic acids is 2. The lowest BCUT2D eigenvalue weighted by atomic mass is 9.89. The highest BCUT2D eigenvalue weighted by molar-refractivity contribution is 5.99. The van der Waals surface area contributed by atoms with Crippen molar-refractivity contribution >= 4 is 11.8 Å². The molecule has 1 fully saturated rings. The fourth-order valence-corrected chi connectivity index (χ4v) is 3.48. The fraction of sp³-hybridized carbons (Fsp3) is 0.333. The van der Waals surface area contributed by atoms with E-state index in [0.717, 1.165) is 18.9 Å². The number of rotatable bonds is 4. The molecule has 142 valence electrons. The Kier molecular flexibility index (Phi) is 5.84. The predicted octanol–water partition coefficient (Wildman–Crippen LogP) is 3.42. The maximum Gasteiger partial charge on any atom is 0.253 e. The minimum atomic E-state index is -0.823. The molecule has 0 aliphatic carbocycles. The second-order valence-corrected chi connectivity index (χ2v) is 6.81. The molecule has 0 spiro atoms. The summed E-state index contributed by atoms with van der Waals surface area (Å²) < 4.78 is 27.2. The Bertz CT molecular complexity index is 846. The van der Waals surface area contributed by atoms with Crippen LogP contribution in [0.3, 0.4) is 0 Å². The first-order valence-electron chi connectivity index (χ1n) is 9.04. The van der Waals surface area contributed by atoms with Gasteiger partial charge in [-0.2, -0.15) is 0 Å². The van der Waals surface area contributed by atoms with Crippen LogP contribution in [0, 0.1) is 17.6 Å². The molecular weight excluding hydrogens is 350 g/mol. The van der Waals surface area contributed by atoms with E-state index in [1.165, 1.54) is 6.07 Å². The smallest absolute Gasteiger partial charge is 0.253 e. The first kappa shape index (κ1) is 19.0. The summed E-state index contributed by atoms with van der Waals surface area (Å²) in [5, 5.41) is 2.54. The van der Waals surface area contributed by atoms with Crippen molar-refractivity contribution in [2.24, 2.45) is 5.92 Å². The zero-order chi connectivity index (χ0) is 19.4. The molecule has 4 nitrogen and oxygen atoms in total. The van der Waals surface area contributed by atoms with Gasteiger partial charge in [-0.05, 0) is 55.0 Å². The van der Waals surface area contributed by atoms with Crippen molar-refractivity contribution in [1.29, 1.82) is 0 Å². The number of piperidine rings is 1. The van der Waals surface area contributed by atoms with E-state index in [0.29, 0.717) is 36.2 Å². The summed E-state index contributed by atoms with van der Waals surface area (Å²) >= 11 is 0. The third-order valence-electron chi connectivity index (χ3n) is 5.04. The molecule has 0 saturated carbocycles. The zero-order valence-electron chi connectivity index (χ0n) is 15.2. The second kappa shape index (κ2) is 8.29. The molecule has 0 unspecified atom stereocenters. The largest absolute Gasteiger partial charge is 0.355 e. The molecule has 6 heteroatoms. The predicted molar refractivity (Wildman–Crippen MR) is 98.5 cm³/mol. The first-order valence-corrected chi connectivity index (χ1v) is 9.04. The van der Waals surface area contributed by atoms with Crippen LogP contribution >= 0.6 is 0 Å². The van der Waals surface area contributed by atoms with Gasteiger partial charge in [0.2, 0.25) is 0 Å². The molecule has 1 saturated heterocycles. The maximum absolute atomic E-state index is 13.8. The van der Waals surface area contributed by atoms with Gasteiger partial charge >= 0.3 is 0 Å². The molecule has 1 aliphatic heterocycles. The molecule has 1 aliphatic rings. The number of carbonyl (C=O) groups is 2. The number of nitrogens with one attached hydrogen (secondary N) is 1. The molecule has 2 aromatic carbocycles. The van der Waals surface area contributed by atoms with Gasteiger partial charge in [0.05, 0.1) is 0 Å². The van der Waals surface area contributed by atoms with Gasteiger partial charge < -0.3 is 10.2 Å². The Morgan fingerprint density at radius 2 is 1.74 bits per heavy atom. The summed E-state index contributed by atoms with van der Waals surface area (Å²) in [5.74, 6) is -1.74. The quantitative estimate of drug-likeness (QED) is 0.894. The summed E-state index contributed by atoms with van der Waals surface area (Å²) in [5.41, 5.74) is 1.31. The molecule has 0 bridgehead atoms. The van der Waals surface area contributed by atoms with E-state index >= 15 is 0 Å². The molecule has 0 radical (unpaired) electrons. The molecule has 27 heavy (non-hydrogen) atoms. The van der Waals surface area contributed by atoms with Gasteiger partial charge in [-0.1, -0.05) is 18.2 Å². The summed E-state index contributed by atoms with van der Waals surface area (Å²) in [6.07, 6.45) is 1.94. The second-order valence-electron chi connectivity index (χ2n) is 6.81. The molecule has 0 aromatic heterocycles. The van der Waals surface area contributed by atoms with E-state index in [2.05, 4.69) is 5.32 Å². The van der Waals surface area contributed by atoms with Crippen molar-refractivity contribution in [3.05, 3.63) is 70.8 Å². The van der Waals surface area contributed by atoms with Crippen molar-refractivity contribution in [1.82, 2.24) is 10.2 Å². The van der Waals surface area contributed by atoms with Gasteiger partial charge in [-0.3, -0.25) is 9.59 Å². The number of hydrogen-bond acceptors (Lipinski definition) is 2. The third kappa shape index (κ3) is 4.32. The number of amides is 2. The van der Waals surface area contributed by atoms with Crippen molar-refractivity contribution in [3.8, 4) is 0 Å². The lowest BCUT2D eigenvalue weighted by Crippen LogP contribution is -2.39. The molecule has 2 amide bonds. The number of hydrogen-bond donors (Lipinski definition) is 1. The normalized spacial score (nSPS) is 14.9. The highest BCUT2D eigenvalue weighted by Crippen LogP contribution is 2.25. The Balaban J connectivity index is 1.61. The van der Waals surface area contributed by atoms with Gasteiger partial charge in [-0.25, -0.2) is 8.78 Å². The minimum Gasteiger partial charge on any atom is -0.355 e. The third-order valence-corrected chi connectivity index (χ3v) is 5.04. The van der Waals surface area contributed by atoms with Gasteiger partial charge in [0.15, 0.2) is 11.6 Å². The highest BCUT2D eigenvalue weighted by atomic mass is 19.2. The average Bonchev–Trinajstić information content (AvgIpc) is 2.71. The Morgan fingerprint density at radius 3 is 2.44 bits per heavy atom. The molecule has 3 rings (SSSR count). The Morgan fingerprint density at radius 1 is 1.07 bits per heavy atom. The maximum atomic E-state index is 13.8. The van der Waals surface area contributed by atoms with Crippen LogP contribution < -0.4 is 5.32 Å². The lowest BCUT2D eigenvalue weighted by molar-refractivity contribution is 0.0690. The van der Waals surface area contributed by atoms with E-state index < -0.39 is 11.6 Å². The SMILES string of the molecule is CNC(=O)c1cccc(C(=O)N2CCC(Cc3cccc(F)c3F)CC2)c1. The summed E-state index contributed by atoms with van der Waals surface area (Å²) in [7, 11) is 1.54. The standard InChI is InChI=1S/C21H22F2N2O2/c1-24-20(26)16-5-2-6-17(13-16)21(27)25-10-8-14(9-11-25)12-15-4-3-7-18(22)19(15)23/h2-7,13-14H,8-12H2,1H3,(H,24,26). The van der Waals surface area contributed by atoms with Crippen LogP contribution in [0.1, 0.15) is 39.1 Å². The van der Waals surface area contributed by atoms with Crippen LogP contribution in [0.5, 0.6) is 0 Å². The number of nitrogens with zero attached hydrogens (tertiary/aromatic N) is 1. The molecule has 0 atom stereocenters. The topological polar surface area (TPSA) is 49.4 Å². The van der Waals surface area contributed by atoms with Crippen molar-refractivity contribution in [3.63, 3.8) is 0 Å². The monoisotopic (exact) mass is 372 g/mol. The van der Waals surface area contributed by atoms with Gasteiger partial charge in [0.25, 0.3) is 11.8 Å². The molecular formula is C21H22F2N2O2. The molecule has 1 heterocycles. The first-order chi connectivity index (χ1) is 13.0. The summed E-state index contributed by atoms with van der Waals surface area (Å²) in [4.78, 5) is 26.2. The number of likely N-dealkylation sites (tertiary alicyclic amines) is 1. The lowest BCUT2D eigenvalue weighted by Gasteiger charge is -2.32. The van der Waals surface area contributed by atoms with E-state index in [1.807, 2.05) is 0 Å². The zero-order valence-corrected chi connectivity index (χ0v) is 15.2. The molecule has 2 aromatic rings. The average molecular weight is 372 g/mol. The van der Waals surface area contributed by atoms with E-state index in [4.69, 9.17) is 0 Å². The van der Waals surface area contributed by atoms with Gasteiger partial charge in [0, 0.05) is 31.3 Å².